The van der Waals surface area contributed by atoms with Gasteiger partial charge in [0.15, 0.2) is 0 Å². The van der Waals surface area contributed by atoms with E-state index in [1.165, 1.54) is 81.7 Å². The van der Waals surface area contributed by atoms with Crippen molar-refractivity contribution in [2.24, 2.45) is 5.41 Å². The second kappa shape index (κ2) is 10.0. The molecule has 0 radical (unpaired) electrons. The van der Waals surface area contributed by atoms with Gasteiger partial charge >= 0.3 is 0 Å². The molecule has 7 aromatic rings. The van der Waals surface area contributed by atoms with E-state index in [0.717, 1.165) is 6.42 Å². The number of hydrogen-bond donors (Lipinski definition) is 0. The van der Waals surface area contributed by atoms with Gasteiger partial charge in [0, 0.05) is 5.41 Å². The third kappa shape index (κ3) is 3.92. The third-order valence-electron chi connectivity index (χ3n) is 10.1. The van der Waals surface area contributed by atoms with E-state index >= 15 is 0 Å². The summed E-state index contributed by atoms with van der Waals surface area (Å²) in [5, 5.41) is 10.5. The second-order valence-corrected chi connectivity index (χ2v) is 12.6. The first-order chi connectivity index (χ1) is 22.2. The molecule has 7 aromatic carbocycles. The summed E-state index contributed by atoms with van der Waals surface area (Å²) in [5.74, 6) is 0. The maximum absolute atomic E-state index is 2.43. The highest BCUT2D eigenvalue weighted by Crippen LogP contribution is 2.50. The topological polar surface area (TPSA) is 0 Å². The van der Waals surface area contributed by atoms with Crippen molar-refractivity contribution >= 4 is 43.5 Å². The van der Waals surface area contributed by atoms with Crippen LogP contribution in [-0.2, 0) is 0 Å². The lowest BCUT2D eigenvalue weighted by molar-refractivity contribution is 0.547. The highest BCUT2D eigenvalue weighted by Gasteiger charge is 2.39. The Morgan fingerprint density at radius 3 is 1.67 bits per heavy atom. The molecule has 0 saturated heterocycles. The van der Waals surface area contributed by atoms with Gasteiger partial charge < -0.3 is 0 Å². The van der Waals surface area contributed by atoms with E-state index in [1.54, 1.807) is 0 Å². The van der Waals surface area contributed by atoms with Crippen LogP contribution >= 0.6 is 0 Å². The monoisotopic (exact) mass is 572 g/mol. The molecule has 1 atom stereocenters. The van der Waals surface area contributed by atoms with Gasteiger partial charge in [0.1, 0.15) is 0 Å². The summed E-state index contributed by atoms with van der Waals surface area (Å²) in [7, 11) is 0. The van der Waals surface area contributed by atoms with E-state index < -0.39 is 0 Å². The minimum Gasteiger partial charge on any atom is -0.0833 e. The van der Waals surface area contributed by atoms with Crippen molar-refractivity contribution in [3.63, 3.8) is 0 Å². The van der Waals surface area contributed by atoms with Crippen molar-refractivity contribution in [3.8, 4) is 11.1 Å². The Bertz CT molecular complexity index is 2460. The highest BCUT2D eigenvalue weighted by molar-refractivity contribution is 6.25. The van der Waals surface area contributed by atoms with Crippen LogP contribution in [0.25, 0.3) is 54.6 Å². The van der Waals surface area contributed by atoms with Crippen molar-refractivity contribution in [1.82, 2.24) is 0 Å². The lowest BCUT2D eigenvalue weighted by atomic mass is 9.62. The largest absolute Gasteiger partial charge is 0.0833 e. The van der Waals surface area contributed by atoms with Crippen LogP contribution < -0.4 is 10.4 Å². The van der Waals surface area contributed by atoms with E-state index in [0.29, 0.717) is 0 Å². The maximum atomic E-state index is 2.43. The average molecular weight is 573 g/mol. The van der Waals surface area contributed by atoms with Crippen molar-refractivity contribution in [2.75, 3.05) is 0 Å². The standard InChI is InChI=1S/C45H32/c1-45-28-12-11-21-42(45)43(39-19-9-10-20-40(39)44(45)32-13-3-2-4-14-32)31-24-22-30(23-25-31)33-26-27-38-36-17-6-5-15-34(36)35-16-7-8-18-37(35)41(38)29-33/h2-27,29H,28H2,1H3. The molecule has 2 aliphatic rings. The Morgan fingerprint density at radius 1 is 0.444 bits per heavy atom. The molecule has 9 rings (SSSR count). The molecule has 0 aliphatic heterocycles. The Labute approximate surface area is 263 Å². The third-order valence-corrected chi connectivity index (χ3v) is 10.1. The van der Waals surface area contributed by atoms with E-state index in [4.69, 9.17) is 0 Å². The highest BCUT2D eigenvalue weighted by atomic mass is 14.4. The van der Waals surface area contributed by atoms with Crippen LogP contribution in [0, 0.1) is 5.41 Å². The van der Waals surface area contributed by atoms with Gasteiger partial charge in [-0.15, -0.1) is 0 Å². The lowest BCUT2D eigenvalue weighted by Gasteiger charge is -2.40. The van der Waals surface area contributed by atoms with Crippen LogP contribution in [0.1, 0.15) is 24.5 Å². The summed E-state index contributed by atoms with van der Waals surface area (Å²) in [4.78, 5) is 0. The predicted octanol–water partition coefficient (Wildman–Crippen LogP) is 10.1. The van der Waals surface area contributed by atoms with Gasteiger partial charge in [0.25, 0.3) is 0 Å². The molecule has 0 N–H and O–H groups in total. The first-order valence-corrected chi connectivity index (χ1v) is 15.9. The number of rotatable bonds is 3. The van der Waals surface area contributed by atoms with Crippen LogP contribution in [0.2, 0.25) is 0 Å². The molecule has 0 heteroatoms. The number of hydrogen-bond acceptors (Lipinski definition) is 0. The fourth-order valence-corrected chi connectivity index (χ4v) is 8.03. The summed E-state index contributed by atoms with van der Waals surface area (Å²) < 4.78 is 0. The molecule has 0 fully saturated rings. The molecule has 2 aliphatic carbocycles. The van der Waals surface area contributed by atoms with E-state index in [-0.39, 0.29) is 5.41 Å². The lowest BCUT2D eigenvalue weighted by Crippen LogP contribution is -2.42. The summed E-state index contributed by atoms with van der Waals surface area (Å²) in [5.41, 5.74) is 9.11. The van der Waals surface area contributed by atoms with Gasteiger partial charge in [-0.1, -0.05) is 165 Å². The molecular formula is C45H32. The molecular weight excluding hydrogens is 540 g/mol. The Kier molecular flexibility index (Phi) is 5.80. The van der Waals surface area contributed by atoms with E-state index in [9.17, 15) is 0 Å². The normalized spacial score (nSPS) is 17.4. The van der Waals surface area contributed by atoms with Gasteiger partial charge in [0.2, 0.25) is 0 Å². The minimum absolute atomic E-state index is 0.110. The average Bonchev–Trinajstić information content (AvgIpc) is 3.11. The van der Waals surface area contributed by atoms with Gasteiger partial charge in [0.05, 0.1) is 0 Å². The Morgan fingerprint density at radius 2 is 0.978 bits per heavy atom. The van der Waals surface area contributed by atoms with Crippen molar-refractivity contribution in [3.05, 3.63) is 191 Å². The van der Waals surface area contributed by atoms with Crippen molar-refractivity contribution in [2.45, 2.75) is 13.3 Å². The Hall–Kier alpha value is -5.46. The van der Waals surface area contributed by atoms with Crippen LogP contribution in [0.15, 0.2) is 169 Å². The summed E-state index contributed by atoms with van der Waals surface area (Å²) in [6.45, 7) is 2.43. The second-order valence-electron chi connectivity index (χ2n) is 12.6. The SMILES string of the molecule is CC12CC=CC=C1C(c1ccc(-c3ccc4c5ccccc5c5ccccc5c4c3)cc1)=c1ccccc1=C2c1ccccc1. The molecule has 212 valence electrons. The zero-order valence-electron chi connectivity index (χ0n) is 25.3. The van der Waals surface area contributed by atoms with Crippen LogP contribution in [0.3, 0.4) is 0 Å². The molecule has 0 nitrogen and oxygen atoms in total. The van der Waals surface area contributed by atoms with Crippen LogP contribution in [0.5, 0.6) is 0 Å². The van der Waals surface area contributed by atoms with Crippen LogP contribution in [0.4, 0.5) is 0 Å². The molecule has 1 unspecified atom stereocenters. The van der Waals surface area contributed by atoms with Gasteiger partial charge in [-0.05, 0) is 94.2 Å². The fourth-order valence-electron chi connectivity index (χ4n) is 8.03. The zero-order chi connectivity index (χ0) is 30.0. The van der Waals surface area contributed by atoms with Gasteiger partial charge in [-0.2, -0.15) is 0 Å². The van der Waals surface area contributed by atoms with Crippen molar-refractivity contribution in [1.29, 1.82) is 0 Å². The minimum atomic E-state index is -0.110. The molecule has 0 amide bonds. The number of fused-ring (bicyclic) bond motifs is 8. The smallest absolute Gasteiger partial charge is 0.0227 e. The summed E-state index contributed by atoms with van der Waals surface area (Å²) >= 11 is 0. The summed E-state index contributed by atoms with van der Waals surface area (Å²) in [6, 6.07) is 53.8. The van der Waals surface area contributed by atoms with Gasteiger partial charge in [-0.25, -0.2) is 0 Å². The van der Waals surface area contributed by atoms with E-state index in [1.807, 2.05) is 0 Å². The molecule has 0 saturated carbocycles. The maximum Gasteiger partial charge on any atom is 0.0227 e. The fraction of sp³-hybridized carbons (Fsp3) is 0.0667. The zero-order valence-corrected chi connectivity index (χ0v) is 25.3. The predicted molar refractivity (Wildman–Crippen MR) is 191 cm³/mol. The first-order valence-electron chi connectivity index (χ1n) is 15.9. The van der Waals surface area contributed by atoms with E-state index in [2.05, 4.69) is 171 Å². The van der Waals surface area contributed by atoms with Crippen LogP contribution in [-0.4, -0.2) is 0 Å². The molecule has 0 spiro atoms. The van der Waals surface area contributed by atoms with Crippen molar-refractivity contribution < 1.29 is 0 Å². The summed E-state index contributed by atoms with van der Waals surface area (Å²) in [6.07, 6.45) is 7.90. The first kappa shape index (κ1) is 26.0. The molecule has 0 aromatic heterocycles. The Balaban J connectivity index is 1.24. The number of allylic oxidation sites excluding steroid dienone is 4. The van der Waals surface area contributed by atoms with Gasteiger partial charge in [-0.3, -0.25) is 0 Å². The molecule has 0 heterocycles. The molecule has 0 bridgehead atoms. The number of benzene rings is 7. The quantitative estimate of drug-likeness (QED) is 0.185. The molecule has 45 heavy (non-hydrogen) atoms.